The Bertz CT molecular complexity index is 363. The molecule has 1 saturated carbocycles. The Kier molecular flexibility index (Phi) is 6.35. The van der Waals surface area contributed by atoms with E-state index in [1.54, 1.807) is 0 Å². The molecule has 1 fully saturated rings. The molecule has 2 atom stereocenters. The van der Waals surface area contributed by atoms with Gasteiger partial charge in [0.15, 0.2) is 0 Å². The third kappa shape index (κ3) is 4.59. The van der Waals surface area contributed by atoms with E-state index in [1.807, 2.05) is 11.3 Å². The van der Waals surface area contributed by atoms with Crippen LogP contribution in [0.3, 0.4) is 0 Å². The molecule has 1 aliphatic carbocycles. The van der Waals surface area contributed by atoms with Crippen molar-refractivity contribution in [2.75, 3.05) is 6.54 Å². The van der Waals surface area contributed by atoms with Crippen molar-refractivity contribution in [3.8, 4) is 0 Å². The van der Waals surface area contributed by atoms with Crippen molar-refractivity contribution >= 4 is 11.3 Å². The summed E-state index contributed by atoms with van der Waals surface area (Å²) in [6.07, 6.45) is 7.12. The minimum absolute atomic E-state index is 0.498. The van der Waals surface area contributed by atoms with Crippen LogP contribution in [0.1, 0.15) is 55.7 Å². The molecule has 2 unspecified atom stereocenters. The lowest BCUT2D eigenvalue weighted by atomic mass is 9.85. The molecule has 2 rings (SSSR count). The fraction of sp³-hybridized carbons (Fsp3) is 0.750. The van der Waals surface area contributed by atoms with Gasteiger partial charge in [0.2, 0.25) is 0 Å². The molecule has 0 aliphatic heterocycles. The first-order chi connectivity index (χ1) is 9.33. The van der Waals surface area contributed by atoms with Crippen molar-refractivity contribution < 1.29 is 4.74 Å². The van der Waals surface area contributed by atoms with Gasteiger partial charge in [0.25, 0.3) is 0 Å². The van der Waals surface area contributed by atoms with E-state index in [2.05, 4.69) is 31.3 Å². The summed E-state index contributed by atoms with van der Waals surface area (Å²) in [4.78, 5) is 2.78. The number of thiophene rings is 1. The van der Waals surface area contributed by atoms with Crippen molar-refractivity contribution in [3.63, 3.8) is 0 Å². The van der Waals surface area contributed by atoms with E-state index in [9.17, 15) is 0 Å². The molecule has 0 aromatic carbocycles. The number of rotatable bonds is 7. The van der Waals surface area contributed by atoms with Crippen molar-refractivity contribution in [2.45, 2.75) is 65.2 Å². The number of hydrogen-bond acceptors (Lipinski definition) is 3. The summed E-state index contributed by atoms with van der Waals surface area (Å²) in [6.45, 7) is 7.27. The van der Waals surface area contributed by atoms with E-state index in [1.165, 1.54) is 41.9 Å². The van der Waals surface area contributed by atoms with Gasteiger partial charge in [-0.3, -0.25) is 0 Å². The zero-order chi connectivity index (χ0) is 13.5. The van der Waals surface area contributed by atoms with E-state index >= 15 is 0 Å². The van der Waals surface area contributed by atoms with Gasteiger partial charge in [-0.25, -0.2) is 0 Å². The van der Waals surface area contributed by atoms with Crippen molar-refractivity contribution in [2.24, 2.45) is 5.92 Å². The average Bonchev–Trinajstić information content (AvgIpc) is 2.91. The molecular formula is C16H27NOS. The summed E-state index contributed by atoms with van der Waals surface area (Å²) < 4.78 is 6.18. The molecule has 2 nitrogen and oxygen atoms in total. The van der Waals surface area contributed by atoms with E-state index < -0.39 is 0 Å². The van der Waals surface area contributed by atoms with Crippen molar-refractivity contribution in [1.29, 1.82) is 0 Å². The van der Waals surface area contributed by atoms with E-state index in [-0.39, 0.29) is 0 Å². The Balaban J connectivity index is 1.79. The third-order valence-corrected chi connectivity index (χ3v) is 5.13. The highest BCUT2D eigenvalue weighted by atomic mass is 32.1. The molecule has 19 heavy (non-hydrogen) atoms. The van der Waals surface area contributed by atoms with Gasteiger partial charge in [-0.15, -0.1) is 11.3 Å². The summed E-state index contributed by atoms with van der Waals surface area (Å²) in [7, 11) is 0. The van der Waals surface area contributed by atoms with Gasteiger partial charge in [0, 0.05) is 16.3 Å². The van der Waals surface area contributed by atoms with Crippen LogP contribution in [0, 0.1) is 5.92 Å². The summed E-state index contributed by atoms with van der Waals surface area (Å²) in [6, 6.07) is 4.45. The van der Waals surface area contributed by atoms with Crippen LogP contribution in [-0.2, 0) is 17.9 Å². The quantitative estimate of drug-likeness (QED) is 0.802. The maximum atomic E-state index is 6.18. The summed E-state index contributed by atoms with van der Waals surface area (Å²) in [5.41, 5.74) is 0. The van der Waals surface area contributed by atoms with E-state index in [4.69, 9.17) is 4.74 Å². The van der Waals surface area contributed by atoms with Crippen LogP contribution in [0.5, 0.6) is 0 Å². The molecule has 3 heteroatoms. The fourth-order valence-electron chi connectivity index (χ4n) is 2.89. The number of nitrogens with one attached hydrogen (secondary N) is 1. The van der Waals surface area contributed by atoms with Crippen molar-refractivity contribution in [3.05, 3.63) is 21.9 Å². The molecule has 0 radical (unpaired) electrons. The monoisotopic (exact) mass is 281 g/mol. The van der Waals surface area contributed by atoms with Gasteiger partial charge in [0.1, 0.15) is 0 Å². The predicted molar refractivity (Wildman–Crippen MR) is 82.5 cm³/mol. The fourth-order valence-corrected chi connectivity index (χ4v) is 3.80. The molecule has 108 valence electrons. The number of ether oxygens (including phenoxy) is 1. The van der Waals surface area contributed by atoms with E-state index in [0.29, 0.717) is 6.10 Å². The molecular weight excluding hydrogens is 254 g/mol. The highest BCUT2D eigenvalue weighted by Crippen LogP contribution is 2.30. The van der Waals surface area contributed by atoms with Gasteiger partial charge < -0.3 is 10.1 Å². The summed E-state index contributed by atoms with van der Waals surface area (Å²) >= 11 is 1.88. The van der Waals surface area contributed by atoms with Gasteiger partial charge in [-0.05, 0) is 37.4 Å². The first-order valence-corrected chi connectivity index (χ1v) is 8.55. The second kappa shape index (κ2) is 8.03. The molecule has 1 N–H and O–H groups in total. The second-order valence-electron chi connectivity index (χ2n) is 5.45. The normalized spacial score (nSPS) is 23.7. The maximum absolute atomic E-state index is 6.18. The lowest BCUT2D eigenvalue weighted by molar-refractivity contribution is -0.0211. The second-order valence-corrected chi connectivity index (χ2v) is 6.70. The first-order valence-electron chi connectivity index (χ1n) is 7.73. The lowest BCUT2D eigenvalue weighted by Gasteiger charge is -2.30. The zero-order valence-electron chi connectivity index (χ0n) is 12.3. The average molecular weight is 281 g/mol. The maximum Gasteiger partial charge on any atom is 0.0813 e. The zero-order valence-corrected chi connectivity index (χ0v) is 13.1. The third-order valence-electron chi connectivity index (χ3n) is 4.07. The minimum atomic E-state index is 0.498. The van der Waals surface area contributed by atoms with Crippen molar-refractivity contribution in [1.82, 2.24) is 5.32 Å². The Morgan fingerprint density at radius 2 is 2.00 bits per heavy atom. The molecule has 1 heterocycles. The van der Waals surface area contributed by atoms with Crippen LogP contribution in [-0.4, -0.2) is 12.6 Å². The van der Waals surface area contributed by atoms with Crippen LogP contribution >= 0.6 is 11.3 Å². The van der Waals surface area contributed by atoms with Crippen LogP contribution < -0.4 is 5.32 Å². The smallest absolute Gasteiger partial charge is 0.0813 e. The first kappa shape index (κ1) is 15.0. The Hall–Kier alpha value is -0.380. The van der Waals surface area contributed by atoms with Crippen LogP contribution in [0.4, 0.5) is 0 Å². The summed E-state index contributed by atoms with van der Waals surface area (Å²) in [5, 5.41) is 3.37. The molecule has 1 aromatic heterocycles. The Morgan fingerprint density at radius 3 is 2.79 bits per heavy atom. The minimum Gasteiger partial charge on any atom is -0.372 e. The Morgan fingerprint density at radius 1 is 1.21 bits per heavy atom. The van der Waals surface area contributed by atoms with Crippen LogP contribution in [0.2, 0.25) is 0 Å². The molecule has 1 aliphatic rings. The molecule has 0 saturated heterocycles. The standard InChI is InChI=1S/C16H27NOS/c1-3-13-7-5-6-8-16(13)18-12-15-10-9-14(19-15)11-17-4-2/h9-10,13,16-17H,3-8,11-12H2,1-2H3. The predicted octanol–water partition coefficient (Wildman–Crippen LogP) is 4.34. The van der Waals surface area contributed by atoms with Gasteiger partial charge >= 0.3 is 0 Å². The van der Waals surface area contributed by atoms with Crippen LogP contribution in [0.15, 0.2) is 12.1 Å². The highest BCUT2D eigenvalue weighted by Gasteiger charge is 2.24. The van der Waals surface area contributed by atoms with E-state index in [0.717, 1.165) is 25.6 Å². The van der Waals surface area contributed by atoms with Crippen LogP contribution in [0.25, 0.3) is 0 Å². The highest BCUT2D eigenvalue weighted by molar-refractivity contribution is 7.11. The molecule has 0 amide bonds. The van der Waals surface area contributed by atoms with Gasteiger partial charge in [-0.2, -0.15) is 0 Å². The summed E-state index contributed by atoms with van der Waals surface area (Å²) in [5.74, 6) is 0.787. The molecule has 0 spiro atoms. The molecule has 1 aromatic rings. The Labute approximate surface area is 121 Å². The lowest BCUT2D eigenvalue weighted by Crippen LogP contribution is -2.26. The van der Waals surface area contributed by atoms with Gasteiger partial charge in [-0.1, -0.05) is 33.1 Å². The number of hydrogen-bond donors (Lipinski definition) is 1. The molecule has 0 bridgehead atoms. The topological polar surface area (TPSA) is 21.3 Å². The SMILES string of the molecule is CCNCc1ccc(COC2CCCCC2CC)s1. The van der Waals surface area contributed by atoms with Gasteiger partial charge in [0.05, 0.1) is 12.7 Å². The largest absolute Gasteiger partial charge is 0.372 e.